The van der Waals surface area contributed by atoms with Crippen molar-refractivity contribution in [3.8, 4) is 11.5 Å². The van der Waals surface area contributed by atoms with E-state index in [0.29, 0.717) is 22.8 Å². The molecule has 1 unspecified atom stereocenters. The molecule has 0 spiro atoms. The molecule has 2 N–H and O–H groups in total. The fraction of sp³-hybridized carbons (Fsp3) is 0.208. The summed E-state index contributed by atoms with van der Waals surface area (Å²) in [6, 6.07) is 14.0. The number of nitrogens with one attached hydrogen (secondary N) is 2. The molecule has 9 heteroatoms. The van der Waals surface area contributed by atoms with E-state index in [9.17, 15) is 14.0 Å². The fourth-order valence-corrected chi connectivity index (χ4v) is 3.60. The molecule has 0 aliphatic heterocycles. The minimum absolute atomic E-state index is 0.0410. The Balaban J connectivity index is 1.61. The fourth-order valence-electron chi connectivity index (χ4n) is 3.60. The lowest BCUT2D eigenvalue weighted by Crippen LogP contribution is -2.33. The second kappa shape index (κ2) is 9.56. The first-order chi connectivity index (χ1) is 15.9. The number of pyridine rings is 1. The largest absolute Gasteiger partial charge is 0.347 e. The molecular weight excluding hydrogens is 423 g/mol. The van der Waals surface area contributed by atoms with Gasteiger partial charge in [0.05, 0.1) is 17.4 Å². The molecule has 1 atom stereocenters. The van der Waals surface area contributed by atoms with Crippen molar-refractivity contribution < 1.29 is 9.18 Å². The average Bonchev–Trinajstić information content (AvgIpc) is 3.10. The number of amides is 1. The Bertz CT molecular complexity index is 1320. The number of nitrogens with zero attached hydrogens (tertiary/aromatic N) is 4. The number of halogens is 1. The zero-order valence-electron chi connectivity index (χ0n) is 18.2. The van der Waals surface area contributed by atoms with Crippen molar-refractivity contribution in [2.75, 3.05) is 0 Å². The van der Waals surface area contributed by atoms with E-state index < -0.39 is 6.04 Å². The van der Waals surface area contributed by atoms with Crippen LogP contribution in [-0.4, -0.2) is 30.6 Å². The van der Waals surface area contributed by atoms with Gasteiger partial charge in [-0.1, -0.05) is 18.2 Å². The van der Waals surface area contributed by atoms with Crippen LogP contribution in [0.1, 0.15) is 28.7 Å². The van der Waals surface area contributed by atoms with Gasteiger partial charge in [0.15, 0.2) is 5.82 Å². The minimum Gasteiger partial charge on any atom is -0.347 e. The molecule has 0 aliphatic rings. The van der Waals surface area contributed by atoms with Gasteiger partial charge in [0.25, 0.3) is 5.56 Å². The molecule has 33 heavy (non-hydrogen) atoms. The van der Waals surface area contributed by atoms with Crippen molar-refractivity contribution in [2.45, 2.75) is 32.9 Å². The van der Waals surface area contributed by atoms with Gasteiger partial charge < -0.3 is 10.3 Å². The van der Waals surface area contributed by atoms with E-state index in [0.717, 1.165) is 11.4 Å². The van der Waals surface area contributed by atoms with Crippen LogP contribution >= 0.6 is 0 Å². The molecule has 0 aliphatic carbocycles. The summed E-state index contributed by atoms with van der Waals surface area (Å²) in [5, 5.41) is 7.30. The second-order valence-corrected chi connectivity index (χ2v) is 7.76. The quantitative estimate of drug-likeness (QED) is 0.454. The molecule has 0 saturated heterocycles. The number of aryl methyl sites for hydroxylation is 2. The maximum atomic E-state index is 13.5. The van der Waals surface area contributed by atoms with Crippen LogP contribution < -0.4 is 10.9 Å². The van der Waals surface area contributed by atoms with Gasteiger partial charge in [-0.3, -0.25) is 19.3 Å². The van der Waals surface area contributed by atoms with E-state index >= 15 is 0 Å². The van der Waals surface area contributed by atoms with Crippen molar-refractivity contribution in [3.05, 3.63) is 99.6 Å². The highest BCUT2D eigenvalue weighted by Crippen LogP contribution is 2.19. The Kier molecular flexibility index (Phi) is 6.39. The van der Waals surface area contributed by atoms with Crippen molar-refractivity contribution in [2.24, 2.45) is 0 Å². The SMILES string of the molecule is Cc1cc(C)n(CC(=O)NC(Cc2cc(=O)[nH]c(-c3ccccn3)n2)c2ccc(F)cc2)n1. The molecule has 0 saturated carbocycles. The standard InChI is InChI=1S/C24H23FN6O2/c1-15-11-16(2)31(30-15)14-23(33)28-21(17-6-8-18(25)9-7-17)12-19-13-22(32)29-24(27-19)20-5-3-4-10-26-20/h3-11,13,21H,12,14H2,1-2H3,(H,28,33)(H,27,29,32). The Morgan fingerprint density at radius 2 is 1.94 bits per heavy atom. The van der Waals surface area contributed by atoms with E-state index in [1.54, 1.807) is 41.2 Å². The molecule has 168 valence electrons. The summed E-state index contributed by atoms with van der Waals surface area (Å²) in [5.74, 6) is -0.298. The Hall–Kier alpha value is -4.14. The number of rotatable bonds is 7. The Morgan fingerprint density at radius 1 is 1.15 bits per heavy atom. The second-order valence-electron chi connectivity index (χ2n) is 7.76. The molecule has 1 aromatic carbocycles. The van der Waals surface area contributed by atoms with Crippen LogP contribution in [0.5, 0.6) is 0 Å². The van der Waals surface area contributed by atoms with Crippen LogP contribution in [0.3, 0.4) is 0 Å². The molecule has 3 aromatic heterocycles. The predicted molar refractivity (Wildman–Crippen MR) is 121 cm³/mol. The molecule has 4 aromatic rings. The van der Waals surface area contributed by atoms with Gasteiger partial charge in [-0.25, -0.2) is 9.37 Å². The van der Waals surface area contributed by atoms with Crippen LogP contribution in [0.25, 0.3) is 11.5 Å². The summed E-state index contributed by atoms with van der Waals surface area (Å²) in [4.78, 5) is 36.6. The first kappa shape index (κ1) is 22.1. The number of hydrogen-bond donors (Lipinski definition) is 2. The van der Waals surface area contributed by atoms with Crippen LogP contribution in [0.15, 0.2) is 65.6 Å². The summed E-state index contributed by atoms with van der Waals surface area (Å²) in [6.07, 6.45) is 1.85. The number of aromatic nitrogens is 5. The average molecular weight is 446 g/mol. The maximum Gasteiger partial charge on any atom is 0.251 e. The summed E-state index contributed by atoms with van der Waals surface area (Å²) in [6.45, 7) is 3.78. The van der Waals surface area contributed by atoms with E-state index in [2.05, 4.69) is 25.4 Å². The zero-order chi connectivity index (χ0) is 23.4. The smallest absolute Gasteiger partial charge is 0.251 e. The molecular formula is C24H23FN6O2. The first-order valence-corrected chi connectivity index (χ1v) is 10.4. The zero-order valence-corrected chi connectivity index (χ0v) is 18.2. The molecule has 4 rings (SSSR count). The van der Waals surface area contributed by atoms with E-state index in [1.807, 2.05) is 19.9 Å². The van der Waals surface area contributed by atoms with E-state index in [1.165, 1.54) is 18.2 Å². The monoisotopic (exact) mass is 446 g/mol. The third-order valence-electron chi connectivity index (χ3n) is 5.12. The van der Waals surface area contributed by atoms with Crippen molar-refractivity contribution in [3.63, 3.8) is 0 Å². The number of carbonyl (C=O) groups is 1. The first-order valence-electron chi connectivity index (χ1n) is 10.4. The van der Waals surface area contributed by atoms with Crippen molar-refractivity contribution in [1.29, 1.82) is 0 Å². The summed E-state index contributed by atoms with van der Waals surface area (Å²) < 4.78 is 15.1. The normalized spacial score (nSPS) is 11.8. The van der Waals surface area contributed by atoms with Gasteiger partial charge in [-0.05, 0) is 49.7 Å². The number of H-pyrrole nitrogens is 1. The van der Waals surface area contributed by atoms with E-state index in [-0.39, 0.29) is 30.2 Å². The van der Waals surface area contributed by atoms with Gasteiger partial charge >= 0.3 is 0 Å². The molecule has 0 fully saturated rings. The highest BCUT2D eigenvalue weighted by Gasteiger charge is 2.18. The number of aromatic amines is 1. The highest BCUT2D eigenvalue weighted by molar-refractivity contribution is 5.76. The Labute approximate surface area is 189 Å². The van der Waals surface area contributed by atoms with Crippen molar-refractivity contribution in [1.82, 2.24) is 30.0 Å². The van der Waals surface area contributed by atoms with Crippen LogP contribution in [0.4, 0.5) is 4.39 Å². The van der Waals surface area contributed by atoms with Gasteiger partial charge in [0.2, 0.25) is 5.91 Å². The van der Waals surface area contributed by atoms with Crippen LogP contribution in [0, 0.1) is 19.7 Å². The summed E-state index contributed by atoms with van der Waals surface area (Å²) in [7, 11) is 0. The molecule has 1 amide bonds. The molecule has 0 bridgehead atoms. The van der Waals surface area contributed by atoms with Crippen LogP contribution in [-0.2, 0) is 17.8 Å². The summed E-state index contributed by atoms with van der Waals surface area (Å²) >= 11 is 0. The van der Waals surface area contributed by atoms with Gasteiger partial charge in [0, 0.05) is 24.4 Å². The maximum absolute atomic E-state index is 13.5. The number of hydrogen-bond acceptors (Lipinski definition) is 5. The summed E-state index contributed by atoms with van der Waals surface area (Å²) in [5.41, 5.74) is 3.07. The Morgan fingerprint density at radius 3 is 2.61 bits per heavy atom. The molecule has 0 radical (unpaired) electrons. The molecule has 8 nitrogen and oxygen atoms in total. The third kappa shape index (κ3) is 5.57. The lowest BCUT2D eigenvalue weighted by molar-refractivity contribution is -0.122. The lowest BCUT2D eigenvalue weighted by atomic mass is 10.0. The van der Waals surface area contributed by atoms with Crippen LogP contribution in [0.2, 0.25) is 0 Å². The van der Waals surface area contributed by atoms with Gasteiger partial charge in [-0.15, -0.1) is 0 Å². The lowest BCUT2D eigenvalue weighted by Gasteiger charge is -2.19. The molecule has 3 heterocycles. The number of benzene rings is 1. The van der Waals surface area contributed by atoms with Gasteiger partial charge in [0.1, 0.15) is 18.1 Å². The topological polar surface area (TPSA) is 106 Å². The number of carbonyl (C=O) groups excluding carboxylic acids is 1. The minimum atomic E-state index is -0.527. The highest BCUT2D eigenvalue weighted by atomic mass is 19.1. The third-order valence-corrected chi connectivity index (χ3v) is 5.12. The van der Waals surface area contributed by atoms with Gasteiger partial charge in [-0.2, -0.15) is 5.10 Å². The predicted octanol–water partition coefficient (Wildman–Crippen LogP) is 2.88. The van der Waals surface area contributed by atoms with E-state index in [4.69, 9.17) is 0 Å². The van der Waals surface area contributed by atoms with Crippen molar-refractivity contribution >= 4 is 5.91 Å².